The summed E-state index contributed by atoms with van der Waals surface area (Å²) in [6.45, 7) is 0.363. The van der Waals surface area contributed by atoms with Crippen molar-refractivity contribution in [3.63, 3.8) is 0 Å². The van der Waals surface area contributed by atoms with E-state index in [1.165, 1.54) is 16.7 Å². The number of fused-ring (bicyclic) bond motifs is 1. The van der Waals surface area contributed by atoms with E-state index in [0.29, 0.717) is 17.3 Å². The van der Waals surface area contributed by atoms with Crippen LogP contribution in [0.5, 0.6) is 5.75 Å². The lowest BCUT2D eigenvalue weighted by molar-refractivity contribution is 0.112. The summed E-state index contributed by atoms with van der Waals surface area (Å²) in [7, 11) is 0. The Balaban J connectivity index is 1.40. The molecule has 1 heterocycles. The molecule has 0 saturated heterocycles. The molecule has 0 bridgehead atoms. The lowest BCUT2D eigenvalue weighted by Crippen LogP contribution is -1.94. The van der Waals surface area contributed by atoms with E-state index in [-0.39, 0.29) is 0 Å². The number of carbonyl (C=O) groups is 1. The lowest BCUT2D eigenvalue weighted by atomic mass is 10.1. The maximum Gasteiger partial charge on any atom is 0.210 e. The second kappa shape index (κ2) is 7.33. The molecular weight excluding hydrogens is 346 g/mol. The molecule has 1 aromatic heterocycles. The molecule has 3 aromatic carbocycles. The summed E-state index contributed by atoms with van der Waals surface area (Å²) in [6, 6.07) is 21.3. The molecule has 0 radical (unpaired) electrons. The average Bonchev–Trinajstić information content (AvgIpc) is 3.14. The van der Waals surface area contributed by atoms with Gasteiger partial charge in [-0.1, -0.05) is 41.7 Å². The van der Waals surface area contributed by atoms with Crippen molar-refractivity contribution in [2.75, 3.05) is 5.32 Å². The number of anilines is 2. The first-order valence-electron chi connectivity index (χ1n) is 8.06. The first-order valence-corrected chi connectivity index (χ1v) is 8.88. The Morgan fingerprint density at radius 3 is 2.58 bits per heavy atom. The van der Waals surface area contributed by atoms with Gasteiger partial charge < -0.3 is 10.1 Å². The van der Waals surface area contributed by atoms with Crippen LogP contribution in [0, 0.1) is 0 Å². The fraction of sp³-hybridized carbons (Fsp3) is 0.0500. The first-order chi connectivity index (χ1) is 12.8. The molecule has 0 spiro atoms. The highest BCUT2D eigenvalue weighted by atomic mass is 32.1. The van der Waals surface area contributed by atoms with Crippen LogP contribution in [0.4, 0.5) is 10.8 Å². The molecule has 0 amide bonds. The van der Waals surface area contributed by atoms with Crippen molar-refractivity contribution in [2.24, 2.45) is 0 Å². The van der Waals surface area contributed by atoms with E-state index >= 15 is 0 Å². The fourth-order valence-electron chi connectivity index (χ4n) is 2.53. The summed E-state index contributed by atoms with van der Waals surface area (Å²) in [4.78, 5) is 10.7. The number of aromatic nitrogens is 2. The number of benzene rings is 3. The molecule has 5 nitrogen and oxygen atoms in total. The van der Waals surface area contributed by atoms with E-state index in [0.717, 1.165) is 28.1 Å². The third-order valence-electron chi connectivity index (χ3n) is 3.85. The largest absolute Gasteiger partial charge is 0.486 e. The van der Waals surface area contributed by atoms with E-state index in [4.69, 9.17) is 4.74 Å². The van der Waals surface area contributed by atoms with Crippen molar-refractivity contribution >= 4 is 39.2 Å². The lowest BCUT2D eigenvalue weighted by Gasteiger charge is -2.05. The molecule has 6 heteroatoms. The van der Waals surface area contributed by atoms with Crippen LogP contribution < -0.4 is 10.1 Å². The molecule has 0 unspecified atom stereocenters. The SMILES string of the molecule is O=Cc1ccc(Nc2nnc(COc3ccc4ccccc4c3)s2)cc1. The summed E-state index contributed by atoms with van der Waals surface area (Å²) in [5, 5.41) is 15.2. The van der Waals surface area contributed by atoms with Crippen molar-refractivity contribution in [1.29, 1.82) is 0 Å². The van der Waals surface area contributed by atoms with E-state index in [1.54, 1.807) is 12.1 Å². The van der Waals surface area contributed by atoms with Crippen LogP contribution >= 0.6 is 11.3 Å². The highest BCUT2D eigenvalue weighted by Crippen LogP contribution is 2.24. The second-order valence-corrected chi connectivity index (χ2v) is 6.73. The summed E-state index contributed by atoms with van der Waals surface area (Å²) < 4.78 is 5.84. The zero-order chi connectivity index (χ0) is 17.8. The predicted molar refractivity (Wildman–Crippen MR) is 103 cm³/mol. The molecule has 0 aliphatic rings. The zero-order valence-corrected chi connectivity index (χ0v) is 14.6. The van der Waals surface area contributed by atoms with Gasteiger partial charge in [-0.3, -0.25) is 4.79 Å². The Morgan fingerprint density at radius 1 is 0.962 bits per heavy atom. The number of carbonyl (C=O) groups excluding carboxylic acids is 1. The van der Waals surface area contributed by atoms with Gasteiger partial charge in [0.1, 0.15) is 18.6 Å². The maximum absolute atomic E-state index is 10.7. The predicted octanol–water partition coefficient (Wildman–Crippen LogP) is 4.83. The summed E-state index contributed by atoms with van der Waals surface area (Å²) in [6.07, 6.45) is 0.816. The molecule has 0 saturated carbocycles. The molecule has 0 atom stereocenters. The van der Waals surface area contributed by atoms with Gasteiger partial charge in [0.15, 0.2) is 5.01 Å². The summed E-state index contributed by atoms with van der Waals surface area (Å²) in [5.41, 5.74) is 1.49. The second-order valence-electron chi connectivity index (χ2n) is 5.66. The van der Waals surface area contributed by atoms with Crippen molar-refractivity contribution in [1.82, 2.24) is 10.2 Å². The molecule has 0 fully saturated rings. The van der Waals surface area contributed by atoms with E-state index < -0.39 is 0 Å². The van der Waals surface area contributed by atoms with Crippen molar-refractivity contribution < 1.29 is 9.53 Å². The Morgan fingerprint density at radius 2 is 1.77 bits per heavy atom. The molecule has 4 rings (SSSR count). The molecule has 128 valence electrons. The maximum atomic E-state index is 10.7. The minimum Gasteiger partial charge on any atom is -0.486 e. The smallest absolute Gasteiger partial charge is 0.210 e. The summed E-state index contributed by atoms with van der Waals surface area (Å²) in [5.74, 6) is 0.804. The first kappa shape index (κ1) is 16.2. The number of nitrogens with one attached hydrogen (secondary N) is 1. The topological polar surface area (TPSA) is 64.1 Å². The third-order valence-corrected chi connectivity index (χ3v) is 4.66. The van der Waals surface area contributed by atoms with Crippen LogP contribution in [0.2, 0.25) is 0 Å². The Bertz CT molecular complexity index is 1040. The third kappa shape index (κ3) is 3.70. The number of hydrogen-bond acceptors (Lipinski definition) is 6. The molecule has 4 aromatic rings. The van der Waals surface area contributed by atoms with Crippen LogP contribution in [0.15, 0.2) is 66.7 Å². The van der Waals surface area contributed by atoms with Crippen LogP contribution in [-0.4, -0.2) is 16.5 Å². The Kier molecular flexibility index (Phi) is 4.57. The fourth-order valence-corrected chi connectivity index (χ4v) is 3.21. The molecule has 0 aliphatic heterocycles. The monoisotopic (exact) mass is 361 g/mol. The van der Waals surface area contributed by atoms with Gasteiger partial charge in [-0.05, 0) is 47.2 Å². The van der Waals surface area contributed by atoms with Gasteiger partial charge in [0.25, 0.3) is 0 Å². The van der Waals surface area contributed by atoms with E-state index in [9.17, 15) is 4.79 Å². The Hall–Kier alpha value is -3.25. The van der Waals surface area contributed by atoms with Gasteiger partial charge in [-0.15, -0.1) is 10.2 Å². The highest BCUT2D eigenvalue weighted by molar-refractivity contribution is 7.15. The zero-order valence-electron chi connectivity index (χ0n) is 13.8. The number of hydrogen-bond donors (Lipinski definition) is 1. The quantitative estimate of drug-likeness (QED) is 0.499. The molecule has 0 aliphatic carbocycles. The number of ether oxygens (including phenoxy) is 1. The molecular formula is C20H15N3O2S. The average molecular weight is 361 g/mol. The summed E-state index contributed by atoms with van der Waals surface area (Å²) >= 11 is 1.43. The molecule has 1 N–H and O–H groups in total. The van der Waals surface area contributed by atoms with Gasteiger partial charge in [0, 0.05) is 11.3 Å². The van der Waals surface area contributed by atoms with Crippen LogP contribution in [0.1, 0.15) is 15.4 Å². The standard InChI is InChI=1S/C20H15N3O2S/c24-12-14-5-8-17(9-6-14)21-20-23-22-19(26-20)13-25-18-10-7-15-3-1-2-4-16(15)11-18/h1-12H,13H2,(H,21,23). The van der Waals surface area contributed by atoms with Gasteiger partial charge in [0.05, 0.1) is 0 Å². The van der Waals surface area contributed by atoms with Crippen LogP contribution in [0.3, 0.4) is 0 Å². The van der Waals surface area contributed by atoms with Gasteiger partial charge in [-0.25, -0.2) is 0 Å². The van der Waals surface area contributed by atoms with E-state index in [2.05, 4.69) is 27.6 Å². The van der Waals surface area contributed by atoms with Crippen LogP contribution in [0.25, 0.3) is 10.8 Å². The normalized spacial score (nSPS) is 10.6. The minimum atomic E-state index is 0.363. The number of rotatable bonds is 6. The van der Waals surface area contributed by atoms with Crippen LogP contribution in [-0.2, 0) is 6.61 Å². The van der Waals surface area contributed by atoms with E-state index in [1.807, 2.05) is 42.5 Å². The van der Waals surface area contributed by atoms with Crippen molar-refractivity contribution in [3.05, 3.63) is 77.3 Å². The van der Waals surface area contributed by atoms with Gasteiger partial charge in [0.2, 0.25) is 5.13 Å². The van der Waals surface area contributed by atoms with Gasteiger partial charge >= 0.3 is 0 Å². The highest BCUT2D eigenvalue weighted by Gasteiger charge is 2.06. The van der Waals surface area contributed by atoms with Gasteiger partial charge in [-0.2, -0.15) is 0 Å². The number of aldehydes is 1. The number of nitrogens with zero attached hydrogens (tertiary/aromatic N) is 2. The Labute approximate surface area is 154 Å². The minimum absolute atomic E-state index is 0.363. The van der Waals surface area contributed by atoms with Crippen molar-refractivity contribution in [3.8, 4) is 5.75 Å². The molecule has 26 heavy (non-hydrogen) atoms. The van der Waals surface area contributed by atoms with Crippen molar-refractivity contribution in [2.45, 2.75) is 6.61 Å².